The third-order valence-corrected chi connectivity index (χ3v) is 5.14. The van der Waals surface area contributed by atoms with Crippen LogP contribution in [0.2, 0.25) is 0 Å². The third-order valence-electron chi connectivity index (χ3n) is 5.14. The first-order valence-corrected chi connectivity index (χ1v) is 10.5. The summed E-state index contributed by atoms with van der Waals surface area (Å²) in [5.41, 5.74) is 0.951. The van der Waals surface area contributed by atoms with E-state index in [0.717, 1.165) is 0 Å². The van der Waals surface area contributed by atoms with Crippen LogP contribution in [0.15, 0.2) is 91.0 Å². The Balaban J connectivity index is 1.56. The minimum absolute atomic E-state index is 0.304. The van der Waals surface area contributed by atoms with E-state index in [2.05, 4.69) is 0 Å². The Hall–Kier alpha value is -3.97. The summed E-state index contributed by atoms with van der Waals surface area (Å²) in [4.78, 5) is 38.0. The van der Waals surface area contributed by atoms with E-state index in [1.165, 1.54) is 0 Å². The fraction of sp³-hybridized carbons (Fsp3) is 0.192. The molecule has 0 saturated carbocycles. The van der Waals surface area contributed by atoms with E-state index in [9.17, 15) is 14.4 Å². The van der Waals surface area contributed by atoms with E-state index in [1.807, 2.05) is 0 Å². The van der Waals surface area contributed by atoms with Crippen LogP contribution in [0.4, 0.5) is 0 Å². The topological polar surface area (TPSA) is 88.1 Å². The first kappa shape index (κ1) is 22.2. The molecule has 7 heteroatoms. The van der Waals surface area contributed by atoms with Crippen molar-refractivity contribution >= 4 is 17.9 Å². The molecule has 0 N–H and O–H groups in total. The number of carbonyl (C=O) groups is 3. The van der Waals surface area contributed by atoms with Crippen LogP contribution in [0.1, 0.15) is 38.0 Å². The molecule has 1 unspecified atom stereocenters. The lowest BCUT2D eigenvalue weighted by Gasteiger charge is -2.23. The van der Waals surface area contributed by atoms with Gasteiger partial charge in [-0.3, -0.25) is 0 Å². The van der Waals surface area contributed by atoms with Crippen LogP contribution in [0.25, 0.3) is 0 Å². The van der Waals surface area contributed by atoms with Crippen LogP contribution in [0.3, 0.4) is 0 Å². The van der Waals surface area contributed by atoms with Gasteiger partial charge in [-0.1, -0.05) is 54.6 Å². The molecular weight excluding hydrogens is 424 g/mol. The SMILES string of the molecule is C[C@H]1OC(OC(=O)c2ccccc2)[C@H](OC(=O)c2ccccc2)[C@@H]1OC(=O)c1ccccc1. The highest BCUT2D eigenvalue weighted by Gasteiger charge is 2.50. The second kappa shape index (κ2) is 10.1. The van der Waals surface area contributed by atoms with Crippen LogP contribution in [0, 0.1) is 0 Å². The summed E-state index contributed by atoms with van der Waals surface area (Å²) in [7, 11) is 0. The maximum atomic E-state index is 12.8. The minimum atomic E-state index is -1.26. The van der Waals surface area contributed by atoms with Crippen molar-refractivity contribution in [2.75, 3.05) is 0 Å². The second-order valence-electron chi connectivity index (χ2n) is 7.45. The fourth-order valence-corrected chi connectivity index (χ4v) is 3.45. The lowest BCUT2D eigenvalue weighted by Crippen LogP contribution is -2.41. The van der Waals surface area contributed by atoms with Gasteiger partial charge in [0.2, 0.25) is 12.4 Å². The zero-order valence-corrected chi connectivity index (χ0v) is 17.8. The van der Waals surface area contributed by atoms with Gasteiger partial charge < -0.3 is 18.9 Å². The molecule has 3 aromatic carbocycles. The molecule has 0 bridgehead atoms. The molecule has 0 aromatic heterocycles. The lowest BCUT2D eigenvalue weighted by molar-refractivity contribution is -0.134. The molecule has 1 fully saturated rings. The second-order valence-corrected chi connectivity index (χ2v) is 7.45. The zero-order chi connectivity index (χ0) is 23.2. The smallest absolute Gasteiger partial charge is 0.340 e. The Labute approximate surface area is 190 Å². The van der Waals surface area contributed by atoms with Crippen molar-refractivity contribution < 1.29 is 33.3 Å². The standard InChI is InChI=1S/C26H22O7/c1-17-21(31-23(27)18-11-5-2-6-12-18)22(32-24(28)19-13-7-3-8-14-19)26(30-17)33-25(29)20-15-9-4-10-16-20/h2-17,21-22,26H,1H3/t17-,21-,22-,26?/m1/s1. The largest absolute Gasteiger partial charge is 0.452 e. The molecule has 0 amide bonds. The van der Waals surface area contributed by atoms with Gasteiger partial charge >= 0.3 is 17.9 Å². The Kier molecular flexibility index (Phi) is 6.80. The highest BCUT2D eigenvalue weighted by Crippen LogP contribution is 2.29. The number of carbonyl (C=O) groups excluding carboxylic acids is 3. The van der Waals surface area contributed by atoms with E-state index < -0.39 is 42.5 Å². The molecule has 1 heterocycles. The van der Waals surface area contributed by atoms with E-state index in [1.54, 1.807) is 97.9 Å². The van der Waals surface area contributed by atoms with Crippen LogP contribution >= 0.6 is 0 Å². The molecule has 1 aliphatic heterocycles. The highest BCUT2D eigenvalue weighted by atomic mass is 16.7. The summed E-state index contributed by atoms with van der Waals surface area (Å²) < 4.78 is 22.6. The molecule has 168 valence electrons. The molecule has 7 nitrogen and oxygen atoms in total. The Morgan fingerprint density at radius 2 is 0.939 bits per heavy atom. The summed E-state index contributed by atoms with van der Waals surface area (Å²) >= 11 is 0. The molecule has 4 rings (SSSR count). The molecule has 1 aliphatic rings. The number of esters is 3. The van der Waals surface area contributed by atoms with Crippen LogP contribution in [0.5, 0.6) is 0 Å². The normalized spacial score (nSPS) is 21.7. The first-order valence-electron chi connectivity index (χ1n) is 10.5. The Bertz CT molecular complexity index is 1100. The Morgan fingerprint density at radius 1 is 0.576 bits per heavy atom. The fourth-order valence-electron chi connectivity index (χ4n) is 3.45. The first-order chi connectivity index (χ1) is 16.0. The lowest BCUT2D eigenvalue weighted by atomic mass is 10.1. The van der Waals surface area contributed by atoms with Crippen molar-refractivity contribution in [3.63, 3.8) is 0 Å². The average Bonchev–Trinajstić information content (AvgIpc) is 3.14. The number of rotatable bonds is 6. The van der Waals surface area contributed by atoms with Gasteiger partial charge in [-0.05, 0) is 43.3 Å². The van der Waals surface area contributed by atoms with Crippen molar-refractivity contribution in [2.45, 2.75) is 31.5 Å². The Morgan fingerprint density at radius 3 is 1.36 bits per heavy atom. The quantitative estimate of drug-likeness (QED) is 0.417. The number of ether oxygens (including phenoxy) is 4. The van der Waals surface area contributed by atoms with Gasteiger partial charge in [-0.2, -0.15) is 0 Å². The van der Waals surface area contributed by atoms with Gasteiger partial charge in [0, 0.05) is 0 Å². The summed E-state index contributed by atoms with van der Waals surface area (Å²) in [6.45, 7) is 1.66. The zero-order valence-electron chi connectivity index (χ0n) is 17.8. The summed E-state index contributed by atoms with van der Waals surface area (Å²) in [6, 6.07) is 25.1. The molecule has 3 aromatic rings. The predicted molar refractivity (Wildman–Crippen MR) is 117 cm³/mol. The average molecular weight is 446 g/mol. The van der Waals surface area contributed by atoms with E-state index in [0.29, 0.717) is 16.7 Å². The summed E-state index contributed by atoms with van der Waals surface area (Å²) in [5.74, 6) is -1.91. The monoisotopic (exact) mass is 446 g/mol. The maximum absolute atomic E-state index is 12.8. The number of benzene rings is 3. The summed E-state index contributed by atoms with van der Waals surface area (Å²) in [5, 5.41) is 0. The molecular formula is C26H22O7. The van der Waals surface area contributed by atoms with Crippen LogP contribution in [-0.4, -0.2) is 42.5 Å². The maximum Gasteiger partial charge on any atom is 0.340 e. The van der Waals surface area contributed by atoms with Crippen molar-refractivity contribution in [3.8, 4) is 0 Å². The molecule has 1 saturated heterocycles. The van der Waals surface area contributed by atoms with Crippen molar-refractivity contribution in [1.29, 1.82) is 0 Å². The van der Waals surface area contributed by atoms with E-state index >= 15 is 0 Å². The van der Waals surface area contributed by atoms with Crippen LogP contribution in [-0.2, 0) is 18.9 Å². The van der Waals surface area contributed by atoms with Gasteiger partial charge in [-0.25, -0.2) is 14.4 Å². The van der Waals surface area contributed by atoms with Gasteiger partial charge in [0.1, 0.15) is 6.10 Å². The third kappa shape index (κ3) is 5.27. The molecule has 4 atom stereocenters. The van der Waals surface area contributed by atoms with Crippen molar-refractivity contribution in [1.82, 2.24) is 0 Å². The van der Waals surface area contributed by atoms with Gasteiger partial charge in [-0.15, -0.1) is 0 Å². The highest BCUT2D eigenvalue weighted by molar-refractivity contribution is 5.91. The van der Waals surface area contributed by atoms with Gasteiger partial charge in [0.15, 0.2) is 6.10 Å². The molecule has 0 aliphatic carbocycles. The summed E-state index contributed by atoms with van der Waals surface area (Å²) in [6.07, 6.45) is -4.10. The minimum Gasteiger partial charge on any atom is -0.452 e. The van der Waals surface area contributed by atoms with Crippen molar-refractivity contribution in [2.24, 2.45) is 0 Å². The molecule has 0 spiro atoms. The molecule has 33 heavy (non-hydrogen) atoms. The number of hydrogen-bond acceptors (Lipinski definition) is 7. The molecule has 0 radical (unpaired) electrons. The van der Waals surface area contributed by atoms with Crippen LogP contribution < -0.4 is 0 Å². The van der Waals surface area contributed by atoms with Crippen molar-refractivity contribution in [3.05, 3.63) is 108 Å². The van der Waals surface area contributed by atoms with Gasteiger partial charge in [0.25, 0.3) is 0 Å². The van der Waals surface area contributed by atoms with E-state index in [-0.39, 0.29) is 0 Å². The predicted octanol–water partition coefficient (Wildman–Crippen LogP) is 4.04. The number of hydrogen-bond donors (Lipinski definition) is 0. The van der Waals surface area contributed by atoms with E-state index in [4.69, 9.17) is 18.9 Å². The van der Waals surface area contributed by atoms with Gasteiger partial charge in [0.05, 0.1) is 16.7 Å².